The van der Waals surface area contributed by atoms with E-state index < -0.39 is 4.92 Å². The van der Waals surface area contributed by atoms with E-state index in [4.69, 9.17) is 9.15 Å². The average molecular weight is 326 g/mol. The summed E-state index contributed by atoms with van der Waals surface area (Å²) >= 11 is 0. The van der Waals surface area contributed by atoms with E-state index in [1.54, 1.807) is 7.05 Å². The van der Waals surface area contributed by atoms with Gasteiger partial charge in [-0.25, -0.2) is 0 Å². The molecule has 0 aliphatic heterocycles. The van der Waals surface area contributed by atoms with Gasteiger partial charge in [0.15, 0.2) is 5.82 Å². The number of nitrogens with zero attached hydrogens (tertiary/aromatic N) is 2. The SMILES string of the molecule is CN/C(=C\[N+](=O)[O-])NCCCOCc1cc(C)c(CN(C)C)o1. The number of nitrogens with one attached hydrogen (secondary N) is 2. The van der Waals surface area contributed by atoms with E-state index in [1.807, 2.05) is 27.1 Å². The van der Waals surface area contributed by atoms with Crippen molar-refractivity contribution in [1.82, 2.24) is 15.5 Å². The van der Waals surface area contributed by atoms with Gasteiger partial charge < -0.3 is 24.7 Å². The predicted molar refractivity (Wildman–Crippen MR) is 87.2 cm³/mol. The zero-order chi connectivity index (χ0) is 17.2. The lowest BCUT2D eigenvalue weighted by Gasteiger charge is -2.08. The predicted octanol–water partition coefficient (Wildman–Crippen LogP) is 1.44. The van der Waals surface area contributed by atoms with Crippen LogP contribution >= 0.6 is 0 Å². The highest BCUT2D eigenvalue weighted by Crippen LogP contribution is 2.16. The molecule has 1 heterocycles. The van der Waals surface area contributed by atoms with Crippen LogP contribution in [0.25, 0.3) is 0 Å². The van der Waals surface area contributed by atoms with Crippen LogP contribution in [0.4, 0.5) is 0 Å². The summed E-state index contributed by atoms with van der Waals surface area (Å²) in [5.41, 5.74) is 1.13. The van der Waals surface area contributed by atoms with Gasteiger partial charge in [-0.1, -0.05) is 0 Å². The van der Waals surface area contributed by atoms with Crippen LogP contribution in [-0.2, 0) is 17.9 Å². The number of furan rings is 1. The largest absolute Gasteiger partial charge is 0.462 e. The molecule has 0 saturated heterocycles. The minimum Gasteiger partial charge on any atom is -0.462 e. The van der Waals surface area contributed by atoms with E-state index >= 15 is 0 Å². The van der Waals surface area contributed by atoms with Crippen LogP contribution < -0.4 is 10.6 Å². The van der Waals surface area contributed by atoms with Crippen molar-refractivity contribution in [2.45, 2.75) is 26.5 Å². The lowest BCUT2D eigenvalue weighted by Crippen LogP contribution is -2.26. The molecule has 0 radical (unpaired) electrons. The molecule has 0 spiro atoms. The highest BCUT2D eigenvalue weighted by molar-refractivity contribution is 5.19. The molecular formula is C15H26N4O4. The summed E-state index contributed by atoms with van der Waals surface area (Å²) in [5.74, 6) is 2.15. The third-order valence-corrected chi connectivity index (χ3v) is 3.06. The van der Waals surface area contributed by atoms with Gasteiger partial charge in [0, 0.05) is 20.2 Å². The van der Waals surface area contributed by atoms with E-state index in [0.717, 1.165) is 36.2 Å². The Morgan fingerprint density at radius 1 is 1.52 bits per heavy atom. The molecule has 8 nitrogen and oxygen atoms in total. The summed E-state index contributed by atoms with van der Waals surface area (Å²) in [7, 11) is 5.62. The Morgan fingerprint density at radius 2 is 2.26 bits per heavy atom. The first-order valence-corrected chi connectivity index (χ1v) is 7.50. The van der Waals surface area contributed by atoms with E-state index in [-0.39, 0.29) is 0 Å². The second-order valence-electron chi connectivity index (χ2n) is 5.47. The lowest BCUT2D eigenvalue weighted by molar-refractivity contribution is -0.404. The first-order chi connectivity index (χ1) is 10.9. The van der Waals surface area contributed by atoms with Gasteiger partial charge in [-0.2, -0.15) is 0 Å². The molecule has 1 aromatic rings. The fourth-order valence-electron chi connectivity index (χ4n) is 1.98. The molecule has 1 aromatic heterocycles. The quantitative estimate of drug-likeness (QED) is 0.361. The normalized spacial score (nSPS) is 11.8. The topological polar surface area (TPSA) is 92.8 Å². The molecule has 0 aliphatic carbocycles. The Balaban J connectivity index is 2.24. The Bertz CT molecular complexity index is 526. The molecule has 0 aliphatic rings. The second-order valence-corrected chi connectivity index (χ2v) is 5.47. The van der Waals surface area contributed by atoms with Crippen LogP contribution in [0.1, 0.15) is 23.5 Å². The Kier molecular flexibility index (Phi) is 8.14. The molecule has 23 heavy (non-hydrogen) atoms. The van der Waals surface area contributed by atoms with E-state index in [9.17, 15) is 10.1 Å². The number of hydrogen-bond acceptors (Lipinski definition) is 7. The smallest absolute Gasteiger partial charge is 0.274 e. The van der Waals surface area contributed by atoms with Gasteiger partial charge in [-0.15, -0.1) is 0 Å². The van der Waals surface area contributed by atoms with Crippen LogP contribution in [0.2, 0.25) is 0 Å². The van der Waals surface area contributed by atoms with Crippen LogP contribution in [0.5, 0.6) is 0 Å². The Labute approximate surface area is 136 Å². The van der Waals surface area contributed by atoms with Gasteiger partial charge in [0.25, 0.3) is 6.20 Å². The molecule has 0 unspecified atom stereocenters. The number of rotatable bonds is 11. The van der Waals surface area contributed by atoms with Gasteiger partial charge in [-0.05, 0) is 39.1 Å². The van der Waals surface area contributed by atoms with Crippen LogP contribution in [0, 0.1) is 17.0 Å². The van der Waals surface area contributed by atoms with Gasteiger partial charge >= 0.3 is 0 Å². The maximum Gasteiger partial charge on any atom is 0.274 e. The summed E-state index contributed by atoms with van der Waals surface area (Å²) < 4.78 is 11.3. The molecular weight excluding hydrogens is 300 g/mol. The van der Waals surface area contributed by atoms with Gasteiger partial charge in [0.05, 0.1) is 11.5 Å². The maximum atomic E-state index is 10.4. The first kappa shape index (κ1) is 19.0. The Hall–Kier alpha value is -2.06. The number of aryl methyl sites for hydroxylation is 1. The van der Waals surface area contributed by atoms with Crippen molar-refractivity contribution in [2.24, 2.45) is 0 Å². The highest BCUT2D eigenvalue weighted by Gasteiger charge is 2.08. The molecule has 0 fully saturated rings. The third kappa shape index (κ3) is 7.66. The molecule has 1 rings (SSSR count). The first-order valence-electron chi connectivity index (χ1n) is 7.50. The van der Waals surface area contributed by atoms with E-state index in [0.29, 0.717) is 25.6 Å². The molecule has 2 N–H and O–H groups in total. The summed E-state index contributed by atoms with van der Waals surface area (Å²) in [6, 6.07) is 2.00. The van der Waals surface area contributed by atoms with E-state index in [1.165, 1.54) is 0 Å². The maximum absolute atomic E-state index is 10.4. The van der Waals surface area contributed by atoms with Crippen molar-refractivity contribution in [3.63, 3.8) is 0 Å². The van der Waals surface area contributed by atoms with Crippen molar-refractivity contribution in [2.75, 3.05) is 34.3 Å². The number of nitro groups is 1. The number of ether oxygens (including phenoxy) is 1. The van der Waals surface area contributed by atoms with Crippen molar-refractivity contribution in [3.05, 3.63) is 45.3 Å². The zero-order valence-electron chi connectivity index (χ0n) is 14.2. The van der Waals surface area contributed by atoms with Gasteiger partial charge in [-0.3, -0.25) is 10.1 Å². The molecule has 130 valence electrons. The molecule has 0 saturated carbocycles. The van der Waals surface area contributed by atoms with Crippen LogP contribution in [-0.4, -0.2) is 44.1 Å². The second kappa shape index (κ2) is 9.86. The minimum absolute atomic E-state index is 0.380. The average Bonchev–Trinajstić information content (AvgIpc) is 2.80. The highest BCUT2D eigenvalue weighted by atomic mass is 16.6. The van der Waals surface area contributed by atoms with Crippen LogP contribution in [0.15, 0.2) is 22.5 Å². The van der Waals surface area contributed by atoms with E-state index in [2.05, 4.69) is 15.5 Å². The fraction of sp³-hybridized carbons (Fsp3) is 0.600. The van der Waals surface area contributed by atoms with Gasteiger partial charge in [0.2, 0.25) is 0 Å². The third-order valence-electron chi connectivity index (χ3n) is 3.06. The zero-order valence-corrected chi connectivity index (χ0v) is 14.2. The van der Waals surface area contributed by atoms with Crippen LogP contribution in [0.3, 0.4) is 0 Å². The lowest BCUT2D eigenvalue weighted by atomic mass is 10.2. The van der Waals surface area contributed by atoms with Crippen molar-refractivity contribution in [3.8, 4) is 0 Å². The summed E-state index contributed by atoms with van der Waals surface area (Å²) in [6.45, 7) is 4.36. The van der Waals surface area contributed by atoms with Gasteiger partial charge in [0.1, 0.15) is 18.1 Å². The molecule has 8 heteroatoms. The van der Waals surface area contributed by atoms with Crippen molar-refractivity contribution in [1.29, 1.82) is 0 Å². The summed E-state index contributed by atoms with van der Waals surface area (Å²) in [4.78, 5) is 11.9. The van der Waals surface area contributed by atoms with Crippen molar-refractivity contribution >= 4 is 0 Å². The summed E-state index contributed by atoms with van der Waals surface area (Å²) in [6.07, 6.45) is 1.64. The Morgan fingerprint density at radius 3 is 2.87 bits per heavy atom. The monoisotopic (exact) mass is 326 g/mol. The molecule has 0 atom stereocenters. The summed E-state index contributed by atoms with van der Waals surface area (Å²) in [5, 5.41) is 16.0. The standard InChI is InChI=1S/C15H26N4O4/c1-12-8-13(23-14(12)9-18(3)4)11-22-7-5-6-17-15(16-2)10-19(20)21/h8,10,16-17H,5-7,9,11H2,1-4H3/b15-10+. The number of hydrogen-bond donors (Lipinski definition) is 2. The molecule has 0 aromatic carbocycles. The fourth-order valence-corrected chi connectivity index (χ4v) is 1.98. The minimum atomic E-state index is -0.500. The molecule has 0 bridgehead atoms. The molecule has 0 amide bonds. The van der Waals surface area contributed by atoms with Crippen molar-refractivity contribution < 1.29 is 14.1 Å².